The van der Waals surface area contributed by atoms with Crippen molar-refractivity contribution in [3.63, 3.8) is 0 Å². The SMILES string of the molecule is N[C@@H](c1ccccc1)[C@@H](c1ccccc1)S(=O)(=O)O. The zero-order valence-corrected chi connectivity index (χ0v) is 11.0. The molecule has 0 unspecified atom stereocenters. The fraction of sp³-hybridized carbons (Fsp3) is 0.143. The Labute approximate surface area is 112 Å². The van der Waals surface area contributed by atoms with Gasteiger partial charge in [0.15, 0.2) is 0 Å². The third-order valence-corrected chi connectivity index (χ3v) is 4.17. The second-order valence-electron chi connectivity index (χ2n) is 4.28. The van der Waals surface area contributed by atoms with Gasteiger partial charge in [0, 0.05) is 0 Å². The fourth-order valence-corrected chi connectivity index (χ4v) is 3.09. The van der Waals surface area contributed by atoms with E-state index in [4.69, 9.17) is 5.73 Å². The van der Waals surface area contributed by atoms with E-state index in [9.17, 15) is 13.0 Å². The lowest BCUT2D eigenvalue weighted by molar-refractivity contribution is 0.456. The van der Waals surface area contributed by atoms with Crippen molar-refractivity contribution in [2.75, 3.05) is 0 Å². The van der Waals surface area contributed by atoms with Crippen LogP contribution >= 0.6 is 0 Å². The Balaban J connectivity index is 2.46. The minimum atomic E-state index is -4.29. The summed E-state index contributed by atoms with van der Waals surface area (Å²) in [5, 5.41) is -1.17. The molecule has 0 saturated carbocycles. The first-order valence-corrected chi connectivity index (χ1v) is 7.32. The monoisotopic (exact) mass is 277 g/mol. The van der Waals surface area contributed by atoms with Crippen molar-refractivity contribution in [1.29, 1.82) is 0 Å². The average molecular weight is 277 g/mol. The Kier molecular flexibility index (Phi) is 3.99. The molecule has 5 heteroatoms. The number of hydrogen-bond acceptors (Lipinski definition) is 3. The molecule has 2 atom stereocenters. The maximum Gasteiger partial charge on any atom is 0.273 e. The second-order valence-corrected chi connectivity index (χ2v) is 5.82. The molecule has 0 amide bonds. The molecule has 0 saturated heterocycles. The number of benzene rings is 2. The molecule has 3 N–H and O–H groups in total. The van der Waals surface area contributed by atoms with Crippen molar-refractivity contribution in [3.8, 4) is 0 Å². The molecule has 100 valence electrons. The quantitative estimate of drug-likeness (QED) is 0.840. The van der Waals surface area contributed by atoms with Gasteiger partial charge in [0.25, 0.3) is 10.1 Å². The molecule has 0 aliphatic heterocycles. The first-order valence-electron chi connectivity index (χ1n) is 5.82. The van der Waals surface area contributed by atoms with Crippen LogP contribution < -0.4 is 5.73 Å². The third kappa shape index (κ3) is 3.20. The maximum absolute atomic E-state index is 11.6. The molecule has 0 radical (unpaired) electrons. The van der Waals surface area contributed by atoms with Gasteiger partial charge in [0.2, 0.25) is 0 Å². The molecular weight excluding hydrogens is 262 g/mol. The van der Waals surface area contributed by atoms with Gasteiger partial charge >= 0.3 is 0 Å². The Morgan fingerprint density at radius 3 is 1.68 bits per heavy atom. The van der Waals surface area contributed by atoms with Crippen LogP contribution in [0.3, 0.4) is 0 Å². The van der Waals surface area contributed by atoms with Gasteiger partial charge in [0.05, 0.1) is 6.04 Å². The molecule has 0 spiro atoms. The highest BCUT2D eigenvalue weighted by Crippen LogP contribution is 2.32. The molecule has 4 nitrogen and oxygen atoms in total. The lowest BCUT2D eigenvalue weighted by Gasteiger charge is -2.22. The number of hydrogen-bond donors (Lipinski definition) is 2. The molecule has 0 aliphatic rings. The van der Waals surface area contributed by atoms with E-state index < -0.39 is 21.4 Å². The predicted molar refractivity (Wildman–Crippen MR) is 74.1 cm³/mol. The van der Waals surface area contributed by atoms with Crippen LogP contribution in [0.1, 0.15) is 22.4 Å². The number of rotatable bonds is 4. The van der Waals surface area contributed by atoms with Crippen molar-refractivity contribution in [2.45, 2.75) is 11.3 Å². The highest BCUT2D eigenvalue weighted by molar-refractivity contribution is 7.86. The maximum atomic E-state index is 11.6. The Bertz CT molecular complexity index is 626. The highest BCUT2D eigenvalue weighted by Gasteiger charge is 2.32. The molecule has 2 aromatic carbocycles. The van der Waals surface area contributed by atoms with Crippen LogP contribution in [0.25, 0.3) is 0 Å². The summed E-state index contributed by atoms with van der Waals surface area (Å²) in [6.07, 6.45) is 0. The summed E-state index contributed by atoms with van der Waals surface area (Å²) < 4.78 is 32.7. The van der Waals surface area contributed by atoms with Gasteiger partial charge in [-0.05, 0) is 11.1 Å². The highest BCUT2D eigenvalue weighted by atomic mass is 32.2. The van der Waals surface area contributed by atoms with E-state index >= 15 is 0 Å². The lowest BCUT2D eigenvalue weighted by Crippen LogP contribution is -2.26. The van der Waals surface area contributed by atoms with Gasteiger partial charge in [-0.2, -0.15) is 8.42 Å². The van der Waals surface area contributed by atoms with E-state index in [1.54, 1.807) is 54.6 Å². The molecule has 0 fully saturated rings. The summed E-state index contributed by atoms with van der Waals surface area (Å²) in [5.41, 5.74) is 7.15. The molecule has 2 rings (SSSR count). The van der Waals surface area contributed by atoms with Crippen LogP contribution in [-0.4, -0.2) is 13.0 Å². The van der Waals surface area contributed by atoms with Crippen molar-refractivity contribution < 1.29 is 13.0 Å². The van der Waals surface area contributed by atoms with Crippen LogP contribution in [0, 0.1) is 0 Å². The van der Waals surface area contributed by atoms with E-state index in [1.807, 2.05) is 6.07 Å². The summed E-state index contributed by atoms with van der Waals surface area (Å²) in [6.45, 7) is 0. The predicted octanol–water partition coefficient (Wildman–Crippen LogP) is 2.32. The Morgan fingerprint density at radius 2 is 1.26 bits per heavy atom. The van der Waals surface area contributed by atoms with Crippen LogP contribution in [0.4, 0.5) is 0 Å². The van der Waals surface area contributed by atoms with Gasteiger partial charge in [-0.3, -0.25) is 4.55 Å². The van der Waals surface area contributed by atoms with Gasteiger partial charge in [-0.15, -0.1) is 0 Å². The molecule has 0 bridgehead atoms. The fourth-order valence-electron chi connectivity index (χ4n) is 2.06. The van der Waals surface area contributed by atoms with Gasteiger partial charge in [-0.25, -0.2) is 0 Å². The Hall–Kier alpha value is -1.69. The Morgan fingerprint density at radius 1 is 0.842 bits per heavy atom. The van der Waals surface area contributed by atoms with Gasteiger partial charge in [-0.1, -0.05) is 60.7 Å². The average Bonchev–Trinajstić information content (AvgIpc) is 2.39. The first-order chi connectivity index (χ1) is 9.00. The zero-order valence-electron chi connectivity index (χ0n) is 10.2. The van der Waals surface area contributed by atoms with Crippen LogP contribution in [0.2, 0.25) is 0 Å². The molecule has 2 aromatic rings. The largest absolute Gasteiger partial charge is 0.323 e. The third-order valence-electron chi connectivity index (χ3n) is 2.96. The molecule has 0 aliphatic carbocycles. The summed E-state index contributed by atoms with van der Waals surface area (Å²) in [4.78, 5) is 0. The van der Waals surface area contributed by atoms with Crippen molar-refractivity contribution in [2.24, 2.45) is 5.73 Å². The van der Waals surface area contributed by atoms with Crippen molar-refractivity contribution in [3.05, 3.63) is 71.8 Å². The minimum Gasteiger partial charge on any atom is -0.323 e. The van der Waals surface area contributed by atoms with E-state index in [2.05, 4.69) is 0 Å². The van der Waals surface area contributed by atoms with Crippen molar-refractivity contribution >= 4 is 10.1 Å². The van der Waals surface area contributed by atoms with Crippen LogP contribution in [0.5, 0.6) is 0 Å². The van der Waals surface area contributed by atoms with E-state index in [0.29, 0.717) is 11.1 Å². The normalized spacial score (nSPS) is 14.8. The topological polar surface area (TPSA) is 80.4 Å². The molecule has 19 heavy (non-hydrogen) atoms. The molecule has 0 heterocycles. The lowest BCUT2D eigenvalue weighted by atomic mass is 9.99. The van der Waals surface area contributed by atoms with E-state index in [1.165, 1.54) is 0 Å². The number of nitrogens with two attached hydrogens (primary N) is 1. The summed E-state index contributed by atoms with van der Waals surface area (Å²) in [6, 6.07) is 16.5. The second kappa shape index (κ2) is 5.52. The van der Waals surface area contributed by atoms with Crippen LogP contribution in [0.15, 0.2) is 60.7 Å². The first kappa shape index (κ1) is 13.7. The van der Waals surface area contributed by atoms with Gasteiger partial charge < -0.3 is 5.73 Å². The van der Waals surface area contributed by atoms with Crippen molar-refractivity contribution in [1.82, 2.24) is 0 Å². The zero-order chi connectivity index (χ0) is 13.9. The summed E-state index contributed by atoms with van der Waals surface area (Å²) in [5.74, 6) is 0. The van der Waals surface area contributed by atoms with E-state index in [0.717, 1.165) is 0 Å². The summed E-state index contributed by atoms with van der Waals surface area (Å²) in [7, 11) is -4.29. The standard InChI is InChI=1S/C14H15NO3S/c15-13(11-7-3-1-4-8-11)14(19(16,17)18)12-9-5-2-6-10-12/h1-10,13-14H,15H2,(H,16,17,18)/t13-,14+/m0/s1. The summed E-state index contributed by atoms with van der Waals surface area (Å²) >= 11 is 0. The smallest absolute Gasteiger partial charge is 0.273 e. The van der Waals surface area contributed by atoms with Gasteiger partial charge in [0.1, 0.15) is 5.25 Å². The van der Waals surface area contributed by atoms with E-state index in [-0.39, 0.29) is 0 Å². The van der Waals surface area contributed by atoms with Crippen LogP contribution in [-0.2, 0) is 10.1 Å². The molecule has 0 aromatic heterocycles. The minimum absolute atomic E-state index is 0.473. The molecular formula is C14H15NO3S.